The molecule has 0 radical (unpaired) electrons. The summed E-state index contributed by atoms with van der Waals surface area (Å²) in [6, 6.07) is 1.34. The van der Waals surface area contributed by atoms with Crippen molar-refractivity contribution in [3.05, 3.63) is 22.8 Å². The van der Waals surface area contributed by atoms with Crippen molar-refractivity contribution in [1.29, 1.82) is 0 Å². The van der Waals surface area contributed by atoms with Gasteiger partial charge in [0.25, 0.3) is 5.78 Å². The third-order valence-electron chi connectivity index (χ3n) is 2.76. The van der Waals surface area contributed by atoms with Gasteiger partial charge < -0.3 is 14.6 Å². The Balaban J connectivity index is 3.29. The molecule has 0 atom stereocenters. The molecule has 5 heteroatoms. The second-order valence-corrected chi connectivity index (χ2v) is 3.77. The summed E-state index contributed by atoms with van der Waals surface area (Å²) in [6.45, 7) is 5.06. The summed E-state index contributed by atoms with van der Waals surface area (Å²) in [5.74, 6) is -1.52. The van der Waals surface area contributed by atoms with Crippen molar-refractivity contribution in [2.24, 2.45) is 0 Å². The fraction of sp³-hybridized carbons (Fsp3) is 0.385. The van der Waals surface area contributed by atoms with Crippen LogP contribution in [0.5, 0.6) is 11.5 Å². The predicted octanol–water partition coefficient (Wildman–Crippen LogP) is 1.76. The Morgan fingerprint density at radius 3 is 2.39 bits per heavy atom. The van der Waals surface area contributed by atoms with E-state index in [1.807, 2.05) is 0 Å². The minimum absolute atomic E-state index is 0.0320. The van der Waals surface area contributed by atoms with Gasteiger partial charge in [0.05, 0.1) is 13.7 Å². The van der Waals surface area contributed by atoms with Crippen LogP contribution in [0.1, 0.15) is 28.4 Å². The molecule has 1 aromatic carbocycles. The van der Waals surface area contributed by atoms with Crippen molar-refractivity contribution >= 4 is 11.8 Å². The van der Waals surface area contributed by atoms with Crippen molar-refractivity contribution in [3.8, 4) is 11.5 Å². The zero-order chi connectivity index (χ0) is 13.9. The summed E-state index contributed by atoms with van der Waals surface area (Å²) in [7, 11) is 1.38. The summed E-state index contributed by atoms with van der Waals surface area (Å²) >= 11 is 0. The van der Waals surface area contributed by atoms with Crippen LogP contribution < -0.4 is 4.74 Å². The fourth-order valence-electron chi connectivity index (χ4n) is 1.57. The van der Waals surface area contributed by atoms with Crippen molar-refractivity contribution in [3.63, 3.8) is 0 Å². The highest BCUT2D eigenvalue weighted by Crippen LogP contribution is 2.34. The molecule has 0 amide bonds. The first kappa shape index (κ1) is 14.0. The van der Waals surface area contributed by atoms with Crippen LogP contribution in [-0.2, 0) is 9.53 Å². The molecule has 0 bridgehead atoms. The zero-order valence-electron chi connectivity index (χ0n) is 10.9. The van der Waals surface area contributed by atoms with Gasteiger partial charge in [-0.3, -0.25) is 4.79 Å². The van der Waals surface area contributed by atoms with Gasteiger partial charge in [-0.15, -0.1) is 0 Å². The summed E-state index contributed by atoms with van der Waals surface area (Å²) in [4.78, 5) is 23.3. The number of ether oxygens (including phenoxy) is 2. The van der Waals surface area contributed by atoms with Gasteiger partial charge >= 0.3 is 5.97 Å². The monoisotopic (exact) mass is 252 g/mol. The van der Waals surface area contributed by atoms with Gasteiger partial charge in [-0.05, 0) is 38.0 Å². The molecular weight excluding hydrogens is 236 g/mol. The molecule has 0 aliphatic rings. The molecule has 0 heterocycles. The van der Waals surface area contributed by atoms with Crippen LogP contribution in [0, 0.1) is 13.8 Å². The number of phenolic OH excluding ortho intramolecular Hbond substituents is 1. The normalized spacial score (nSPS) is 10.0. The number of phenols is 1. The number of carbonyl (C=O) groups excluding carboxylic acids is 2. The van der Waals surface area contributed by atoms with E-state index in [1.165, 1.54) is 13.2 Å². The van der Waals surface area contributed by atoms with E-state index in [0.717, 1.165) is 0 Å². The Hall–Kier alpha value is -2.04. The number of carbonyl (C=O) groups is 2. The molecular formula is C13H16O5. The van der Waals surface area contributed by atoms with Crippen molar-refractivity contribution in [1.82, 2.24) is 0 Å². The quantitative estimate of drug-likeness (QED) is 0.502. The van der Waals surface area contributed by atoms with Crippen LogP contribution in [0.25, 0.3) is 0 Å². The minimum atomic E-state index is -0.909. The minimum Gasteiger partial charge on any atom is -0.504 e. The van der Waals surface area contributed by atoms with E-state index in [9.17, 15) is 14.7 Å². The molecule has 0 saturated carbocycles. The van der Waals surface area contributed by atoms with Gasteiger partial charge in [-0.25, -0.2) is 4.79 Å². The summed E-state index contributed by atoms with van der Waals surface area (Å²) in [5, 5.41) is 9.77. The molecule has 1 aromatic rings. The highest BCUT2D eigenvalue weighted by molar-refractivity contribution is 6.41. The molecule has 0 aromatic heterocycles. The van der Waals surface area contributed by atoms with E-state index >= 15 is 0 Å². The van der Waals surface area contributed by atoms with Gasteiger partial charge in [0, 0.05) is 5.56 Å². The Bertz CT molecular complexity index is 491. The Labute approximate surface area is 105 Å². The molecule has 1 rings (SSSR count). The molecule has 5 nitrogen and oxygen atoms in total. The SMILES string of the molecule is CCOC(=O)C(=O)c1cc(OC)c(O)c(C)c1C. The topological polar surface area (TPSA) is 72.8 Å². The van der Waals surface area contributed by atoms with Gasteiger partial charge in [0.15, 0.2) is 11.5 Å². The smallest absolute Gasteiger partial charge is 0.379 e. The van der Waals surface area contributed by atoms with Gasteiger partial charge in [0.2, 0.25) is 0 Å². The first-order valence-electron chi connectivity index (χ1n) is 5.52. The molecule has 0 saturated heterocycles. The number of benzene rings is 1. The maximum absolute atomic E-state index is 11.9. The van der Waals surface area contributed by atoms with Crippen LogP contribution in [0.3, 0.4) is 0 Å². The molecule has 0 aliphatic carbocycles. The number of Topliss-reactive ketones (excluding diaryl/α,β-unsaturated/α-hetero) is 1. The van der Waals surface area contributed by atoms with Crippen molar-refractivity contribution < 1.29 is 24.2 Å². The number of hydrogen-bond acceptors (Lipinski definition) is 5. The first-order chi connectivity index (χ1) is 8.43. The Kier molecular flexibility index (Phi) is 4.31. The van der Waals surface area contributed by atoms with E-state index < -0.39 is 11.8 Å². The highest BCUT2D eigenvalue weighted by atomic mass is 16.5. The van der Waals surface area contributed by atoms with E-state index in [1.54, 1.807) is 20.8 Å². The lowest BCUT2D eigenvalue weighted by atomic mass is 9.98. The average molecular weight is 252 g/mol. The number of methoxy groups -OCH3 is 1. The number of esters is 1. The zero-order valence-corrected chi connectivity index (χ0v) is 10.9. The lowest BCUT2D eigenvalue weighted by Gasteiger charge is -2.12. The van der Waals surface area contributed by atoms with E-state index in [2.05, 4.69) is 4.74 Å². The molecule has 98 valence electrons. The van der Waals surface area contributed by atoms with Gasteiger partial charge in [-0.2, -0.15) is 0 Å². The van der Waals surface area contributed by atoms with E-state index in [-0.39, 0.29) is 23.7 Å². The van der Waals surface area contributed by atoms with Crippen LogP contribution in [-0.4, -0.2) is 30.6 Å². The number of ketones is 1. The molecule has 18 heavy (non-hydrogen) atoms. The predicted molar refractivity (Wildman–Crippen MR) is 65.1 cm³/mol. The van der Waals surface area contributed by atoms with Crippen LogP contribution in [0.2, 0.25) is 0 Å². The third kappa shape index (κ3) is 2.45. The summed E-state index contributed by atoms with van der Waals surface area (Å²) < 4.78 is 9.62. The van der Waals surface area contributed by atoms with Gasteiger partial charge in [-0.1, -0.05) is 0 Å². The highest BCUT2D eigenvalue weighted by Gasteiger charge is 2.23. The van der Waals surface area contributed by atoms with E-state index in [4.69, 9.17) is 4.74 Å². The molecule has 0 fully saturated rings. The van der Waals surface area contributed by atoms with E-state index in [0.29, 0.717) is 11.1 Å². The number of hydrogen-bond donors (Lipinski definition) is 1. The summed E-state index contributed by atoms with van der Waals surface area (Å²) in [5.41, 5.74) is 1.22. The Morgan fingerprint density at radius 1 is 1.28 bits per heavy atom. The molecule has 0 spiro atoms. The molecule has 0 unspecified atom stereocenters. The third-order valence-corrected chi connectivity index (χ3v) is 2.76. The van der Waals surface area contributed by atoms with Crippen molar-refractivity contribution in [2.75, 3.05) is 13.7 Å². The van der Waals surface area contributed by atoms with Gasteiger partial charge in [0.1, 0.15) is 0 Å². The largest absolute Gasteiger partial charge is 0.504 e. The lowest BCUT2D eigenvalue weighted by Crippen LogP contribution is -2.19. The maximum Gasteiger partial charge on any atom is 0.379 e. The second-order valence-electron chi connectivity index (χ2n) is 3.77. The fourth-order valence-corrected chi connectivity index (χ4v) is 1.57. The standard InChI is InChI=1S/C13H16O5/c1-5-18-13(16)12(15)9-6-10(17-4)11(14)8(3)7(9)2/h6,14H,5H2,1-4H3. The van der Waals surface area contributed by atoms with Crippen LogP contribution in [0.4, 0.5) is 0 Å². The Morgan fingerprint density at radius 2 is 1.89 bits per heavy atom. The number of rotatable bonds is 4. The number of aromatic hydroxyl groups is 1. The van der Waals surface area contributed by atoms with Crippen LogP contribution in [0.15, 0.2) is 6.07 Å². The van der Waals surface area contributed by atoms with Crippen molar-refractivity contribution in [2.45, 2.75) is 20.8 Å². The second kappa shape index (κ2) is 5.53. The summed E-state index contributed by atoms with van der Waals surface area (Å²) in [6.07, 6.45) is 0. The lowest BCUT2D eigenvalue weighted by molar-refractivity contribution is -0.137. The first-order valence-corrected chi connectivity index (χ1v) is 5.52. The molecule has 1 N–H and O–H groups in total. The van der Waals surface area contributed by atoms with Crippen LogP contribution >= 0.6 is 0 Å². The molecule has 0 aliphatic heterocycles. The average Bonchev–Trinajstić information content (AvgIpc) is 2.36. The maximum atomic E-state index is 11.9.